The standard InChI is InChI=1S/C17H25F2N3OS/c1-12-15(24-13(2)20-12)11-21-7-3-14(4-8-21)16(23)22-9-5-17(18,19)6-10-22/h14H,3-11H2,1-2H3. The highest BCUT2D eigenvalue weighted by Crippen LogP contribution is 2.30. The molecule has 0 spiro atoms. The van der Waals surface area contributed by atoms with Gasteiger partial charge in [0.25, 0.3) is 5.92 Å². The lowest BCUT2D eigenvalue weighted by Crippen LogP contribution is -2.47. The van der Waals surface area contributed by atoms with Crippen LogP contribution in [0.15, 0.2) is 0 Å². The first-order valence-electron chi connectivity index (χ1n) is 8.66. The monoisotopic (exact) mass is 357 g/mol. The van der Waals surface area contributed by atoms with Gasteiger partial charge in [0.15, 0.2) is 0 Å². The maximum Gasteiger partial charge on any atom is 0.251 e. The summed E-state index contributed by atoms with van der Waals surface area (Å²) in [6, 6.07) is 0. The minimum Gasteiger partial charge on any atom is -0.342 e. The van der Waals surface area contributed by atoms with Crippen LogP contribution in [0.25, 0.3) is 0 Å². The molecule has 0 N–H and O–H groups in total. The zero-order valence-electron chi connectivity index (χ0n) is 14.4. The average Bonchev–Trinajstić information content (AvgIpc) is 2.85. The Labute approximate surface area is 145 Å². The Morgan fingerprint density at radius 3 is 2.38 bits per heavy atom. The van der Waals surface area contributed by atoms with Crippen molar-refractivity contribution in [3.63, 3.8) is 0 Å². The Balaban J connectivity index is 1.48. The summed E-state index contributed by atoms with van der Waals surface area (Å²) in [5.41, 5.74) is 1.10. The number of nitrogens with zero attached hydrogens (tertiary/aromatic N) is 3. The summed E-state index contributed by atoms with van der Waals surface area (Å²) in [4.78, 5) is 22.3. The number of alkyl halides is 2. The molecule has 1 aromatic heterocycles. The summed E-state index contributed by atoms with van der Waals surface area (Å²) in [7, 11) is 0. The molecule has 0 saturated carbocycles. The van der Waals surface area contributed by atoms with Gasteiger partial charge in [-0.1, -0.05) is 0 Å². The van der Waals surface area contributed by atoms with Crippen LogP contribution in [-0.2, 0) is 11.3 Å². The number of thiazole rings is 1. The topological polar surface area (TPSA) is 36.4 Å². The molecule has 0 atom stereocenters. The van der Waals surface area contributed by atoms with E-state index in [1.807, 2.05) is 13.8 Å². The zero-order chi connectivity index (χ0) is 17.3. The van der Waals surface area contributed by atoms with E-state index in [0.29, 0.717) is 0 Å². The molecule has 3 heterocycles. The van der Waals surface area contributed by atoms with Gasteiger partial charge in [0.05, 0.1) is 10.7 Å². The molecule has 0 aromatic carbocycles. The summed E-state index contributed by atoms with van der Waals surface area (Å²) < 4.78 is 26.5. The third-order valence-corrected chi connectivity index (χ3v) is 6.17. The number of piperidine rings is 2. The quantitative estimate of drug-likeness (QED) is 0.833. The van der Waals surface area contributed by atoms with Gasteiger partial charge in [-0.25, -0.2) is 13.8 Å². The molecule has 2 fully saturated rings. The fourth-order valence-electron chi connectivity index (χ4n) is 3.57. The van der Waals surface area contributed by atoms with E-state index >= 15 is 0 Å². The van der Waals surface area contributed by atoms with Crippen LogP contribution in [0.2, 0.25) is 0 Å². The second kappa shape index (κ2) is 7.04. The summed E-state index contributed by atoms with van der Waals surface area (Å²) >= 11 is 1.74. The molecule has 2 aliphatic rings. The molecule has 4 nitrogen and oxygen atoms in total. The molecule has 0 radical (unpaired) electrons. The fraction of sp³-hybridized carbons (Fsp3) is 0.765. The summed E-state index contributed by atoms with van der Waals surface area (Å²) in [5, 5.41) is 1.09. The van der Waals surface area contributed by atoms with Crippen LogP contribution in [0.5, 0.6) is 0 Å². The van der Waals surface area contributed by atoms with Crippen molar-refractivity contribution >= 4 is 17.2 Å². The Morgan fingerprint density at radius 1 is 1.21 bits per heavy atom. The third kappa shape index (κ3) is 4.11. The highest BCUT2D eigenvalue weighted by molar-refractivity contribution is 7.11. The fourth-order valence-corrected chi connectivity index (χ4v) is 4.55. The molecule has 0 aliphatic carbocycles. The molecule has 0 unspecified atom stereocenters. The summed E-state index contributed by atoms with van der Waals surface area (Å²) in [6.07, 6.45) is 1.26. The largest absolute Gasteiger partial charge is 0.342 e. The van der Waals surface area contributed by atoms with Crippen molar-refractivity contribution in [2.75, 3.05) is 26.2 Å². The number of aromatic nitrogens is 1. The lowest BCUT2D eigenvalue weighted by Gasteiger charge is -2.37. The summed E-state index contributed by atoms with van der Waals surface area (Å²) in [5.74, 6) is -2.52. The number of hydrogen-bond donors (Lipinski definition) is 0. The Bertz CT molecular complexity index is 587. The van der Waals surface area contributed by atoms with Crippen LogP contribution in [0, 0.1) is 19.8 Å². The van der Waals surface area contributed by atoms with E-state index in [1.165, 1.54) is 4.88 Å². The number of hydrogen-bond acceptors (Lipinski definition) is 4. The number of carbonyl (C=O) groups excluding carboxylic acids is 1. The number of rotatable bonds is 3. The molecule has 2 saturated heterocycles. The van der Waals surface area contributed by atoms with E-state index in [1.54, 1.807) is 16.2 Å². The van der Waals surface area contributed by atoms with Crippen LogP contribution in [0.3, 0.4) is 0 Å². The first kappa shape index (κ1) is 17.7. The van der Waals surface area contributed by atoms with E-state index < -0.39 is 5.92 Å². The normalized spacial score (nSPS) is 22.8. The molecule has 0 bridgehead atoms. The number of aryl methyl sites for hydroxylation is 2. The molecule has 1 amide bonds. The van der Waals surface area contributed by atoms with Crippen molar-refractivity contribution in [1.29, 1.82) is 0 Å². The van der Waals surface area contributed by atoms with Gasteiger partial charge < -0.3 is 4.90 Å². The number of amides is 1. The summed E-state index contributed by atoms with van der Waals surface area (Å²) in [6.45, 7) is 7.13. The van der Waals surface area contributed by atoms with Crippen molar-refractivity contribution in [3.05, 3.63) is 15.6 Å². The molecule has 7 heteroatoms. The van der Waals surface area contributed by atoms with Crippen LogP contribution in [-0.4, -0.2) is 52.8 Å². The minimum atomic E-state index is -2.59. The highest BCUT2D eigenvalue weighted by Gasteiger charge is 2.37. The van der Waals surface area contributed by atoms with Crippen molar-refractivity contribution < 1.29 is 13.6 Å². The van der Waals surface area contributed by atoms with Crippen LogP contribution >= 0.6 is 11.3 Å². The van der Waals surface area contributed by atoms with Crippen molar-refractivity contribution in [3.8, 4) is 0 Å². The lowest BCUT2D eigenvalue weighted by atomic mass is 9.94. The van der Waals surface area contributed by atoms with E-state index in [-0.39, 0.29) is 37.8 Å². The Kier molecular flexibility index (Phi) is 5.20. The minimum absolute atomic E-state index is 0.00253. The second-order valence-electron chi connectivity index (χ2n) is 6.97. The predicted molar refractivity (Wildman–Crippen MR) is 90.4 cm³/mol. The number of carbonyl (C=O) groups is 1. The predicted octanol–water partition coefficient (Wildman–Crippen LogP) is 3.23. The molecule has 1 aromatic rings. The van der Waals surface area contributed by atoms with E-state index in [0.717, 1.165) is 43.2 Å². The molecule has 2 aliphatic heterocycles. The van der Waals surface area contributed by atoms with Gasteiger partial charge in [0, 0.05) is 43.3 Å². The van der Waals surface area contributed by atoms with Crippen LogP contribution in [0.1, 0.15) is 41.3 Å². The van der Waals surface area contributed by atoms with Gasteiger partial charge in [-0.15, -0.1) is 11.3 Å². The Hall–Kier alpha value is -1.08. The van der Waals surface area contributed by atoms with Crippen molar-refractivity contribution in [2.45, 2.75) is 52.0 Å². The van der Waals surface area contributed by atoms with E-state index in [9.17, 15) is 13.6 Å². The lowest BCUT2D eigenvalue weighted by molar-refractivity contribution is -0.143. The average molecular weight is 357 g/mol. The molecular formula is C17H25F2N3OS. The maximum absolute atomic E-state index is 13.2. The van der Waals surface area contributed by atoms with Gasteiger partial charge >= 0.3 is 0 Å². The molecule has 24 heavy (non-hydrogen) atoms. The first-order chi connectivity index (χ1) is 11.3. The number of likely N-dealkylation sites (tertiary alicyclic amines) is 2. The number of halogens is 2. The van der Waals surface area contributed by atoms with Crippen LogP contribution in [0.4, 0.5) is 8.78 Å². The second-order valence-corrected chi connectivity index (χ2v) is 8.26. The maximum atomic E-state index is 13.2. The smallest absolute Gasteiger partial charge is 0.251 e. The third-order valence-electron chi connectivity index (χ3n) is 5.11. The van der Waals surface area contributed by atoms with Gasteiger partial charge in [-0.3, -0.25) is 9.69 Å². The first-order valence-corrected chi connectivity index (χ1v) is 9.47. The molecule has 3 rings (SSSR count). The van der Waals surface area contributed by atoms with Gasteiger partial charge in [-0.05, 0) is 39.8 Å². The Morgan fingerprint density at radius 2 is 1.83 bits per heavy atom. The van der Waals surface area contributed by atoms with Crippen molar-refractivity contribution in [1.82, 2.24) is 14.8 Å². The van der Waals surface area contributed by atoms with Gasteiger partial charge in [-0.2, -0.15) is 0 Å². The van der Waals surface area contributed by atoms with Gasteiger partial charge in [0.2, 0.25) is 5.91 Å². The molecular weight excluding hydrogens is 332 g/mol. The van der Waals surface area contributed by atoms with E-state index in [2.05, 4.69) is 9.88 Å². The highest BCUT2D eigenvalue weighted by atomic mass is 32.1. The van der Waals surface area contributed by atoms with E-state index in [4.69, 9.17) is 0 Å². The SMILES string of the molecule is Cc1nc(C)c(CN2CCC(C(=O)N3CCC(F)(F)CC3)CC2)s1. The van der Waals surface area contributed by atoms with Crippen LogP contribution < -0.4 is 0 Å². The molecule has 134 valence electrons. The van der Waals surface area contributed by atoms with Gasteiger partial charge in [0.1, 0.15) is 0 Å². The zero-order valence-corrected chi connectivity index (χ0v) is 15.2. The van der Waals surface area contributed by atoms with Crippen molar-refractivity contribution in [2.24, 2.45) is 5.92 Å².